The molecule has 1 unspecified atom stereocenters. The van der Waals surface area contributed by atoms with E-state index in [-0.39, 0.29) is 11.6 Å². The molecular weight excluding hydrogens is 152 g/mol. The summed E-state index contributed by atoms with van der Waals surface area (Å²) in [6.45, 7) is 2.06. The van der Waals surface area contributed by atoms with Crippen molar-refractivity contribution in [1.82, 2.24) is 0 Å². The van der Waals surface area contributed by atoms with E-state index in [1.165, 1.54) is 32.1 Å². The highest BCUT2D eigenvalue weighted by Gasteiger charge is 2.61. The molecule has 2 fully saturated rings. The summed E-state index contributed by atoms with van der Waals surface area (Å²) < 4.78 is 5.15. The fourth-order valence-corrected chi connectivity index (χ4v) is 2.46. The van der Waals surface area contributed by atoms with Crippen LogP contribution in [-0.2, 0) is 9.53 Å². The van der Waals surface area contributed by atoms with Crippen molar-refractivity contribution >= 4 is 5.97 Å². The Morgan fingerprint density at radius 3 is 2.42 bits per heavy atom. The van der Waals surface area contributed by atoms with Crippen LogP contribution >= 0.6 is 0 Å². The van der Waals surface area contributed by atoms with Gasteiger partial charge in [0.2, 0.25) is 5.60 Å². The Labute approximate surface area is 73.3 Å². The Kier molecular flexibility index (Phi) is 1.85. The summed E-state index contributed by atoms with van der Waals surface area (Å²) in [5, 5.41) is 0. The van der Waals surface area contributed by atoms with Gasteiger partial charge in [-0.1, -0.05) is 26.2 Å². The lowest BCUT2D eigenvalue weighted by molar-refractivity contribution is -0.117. The molecule has 68 valence electrons. The SMILES string of the molecule is CCC1(C2CCCCC2)OC1=O. The van der Waals surface area contributed by atoms with Gasteiger partial charge in [-0.05, 0) is 19.3 Å². The van der Waals surface area contributed by atoms with Crippen LogP contribution < -0.4 is 0 Å². The van der Waals surface area contributed by atoms with Crippen LogP contribution in [0.3, 0.4) is 0 Å². The lowest BCUT2D eigenvalue weighted by atomic mass is 9.79. The zero-order chi connectivity index (χ0) is 8.60. The van der Waals surface area contributed by atoms with Crippen molar-refractivity contribution in [3.05, 3.63) is 0 Å². The third kappa shape index (κ3) is 1.05. The fourth-order valence-electron chi connectivity index (χ4n) is 2.46. The van der Waals surface area contributed by atoms with E-state index in [1.807, 2.05) is 0 Å². The molecule has 1 heterocycles. The molecule has 2 heteroatoms. The molecule has 2 nitrogen and oxygen atoms in total. The minimum absolute atomic E-state index is 0.0527. The molecule has 0 spiro atoms. The summed E-state index contributed by atoms with van der Waals surface area (Å²) >= 11 is 0. The molecule has 0 aromatic carbocycles. The predicted octanol–water partition coefficient (Wildman–Crippen LogP) is 2.27. The maximum atomic E-state index is 11.1. The summed E-state index contributed by atoms with van der Waals surface area (Å²) in [5.74, 6) is 0.584. The van der Waals surface area contributed by atoms with Crippen LogP contribution in [0.25, 0.3) is 0 Å². The van der Waals surface area contributed by atoms with Gasteiger partial charge in [0.25, 0.3) is 0 Å². The van der Waals surface area contributed by atoms with Crippen LogP contribution in [0, 0.1) is 5.92 Å². The average molecular weight is 168 g/mol. The first-order valence-corrected chi connectivity index (χ1v) is 5.03. The van der Waals surface area contributed by atoms with Gasteiger partial charge < -0.3 is 4.74 Å². The number of ether oxygens (including phenoxy) is 1. The molecule has 2 aliphatic rings. The number of hydrogen-bond donors (Lipinski definition) is 0. The molecule has 0 amide bonds. The van der Waals surface area contributed by atoms with Gasteiger partial charge in [0.1, 0.15) is 0 Å². The van der Waals surface area contributed by atoms with E-state index in [0.717, 1.165) is 6.42 Å². The van der Waals surface area contributed by atoms with Crippen LogP contribution in [-0.4, -0.2) is 11.6 Å². The minimum atomic E-state index is -0.319. The van der Waals surface area contributed by atoms with Crippen molar-refractivity contribution in [1.29, 1.82) is 0 Å². The molecule has 2 rings (SSSR count). The molecule has 1 aliphatic carbocycles. The van der Waals surface area contributed by atoms with Gasteiger partial charge in [0, 0.05) is 5.92 Å². The molecule has 1 atom stereocenters. The lowest BCUT2D eigenvalue weighted by Gasteiger charge is -2.24. The fraction of sp³-hybridized carbons (Fsp3) is 0.900. The van der Waals surface area contributed by atoms with E-state index < -0.39 is 0 Å². The molecule has 0 aromatic heterocycles. The van der Waals surface area contributed by atoms with Gasteiger partial charge in [-0.25, -0.2) is 4.79 Å². The topological polar surface area (TPSA) is 29.6 Å². The van der Waals surface area contributed by atoms with Gasteiger partial charge in [-0.15, -0.1) is 0 Å². The Balaban J connectivity index is 2.02. The third-order valence-electron chi connectivity index (χ3n) is 3.37. The molecule has 0 N–H and O–H groups in total. The summed E-state index contributed by atoms with van der Waals surface area (Å²) in [6, 6.07) is 0. The second-order valence-electron chi connectivity index (χ2n) is 3.97. The molecule has 12 heavy (non-hydrogen) atoms. The summed E-state index contributed by atoms with van der Waals surface area (Å²) in [7, 11) is 0. The number of cyclic esters (lactones) is 1. The van der Waals surface area contributed by atoms with E-state index in [9.17, 15) is 4.79 Å². The van der Waals surface area contributed by atoms with Crippen LogP contribution in [0.5, 0.6) is 0 Å². The van der Waals surface area contributed by atoms with Crippen LogP contribution in [0.1, 0.15) is 45.4 Å². The Bertz CT molecular complexity index is 194. The maximum Gasteiger partial charge on any atom is 0.352 e. The standard InChI is InChI=1S/C10H16O2/c1-2-10(9(11)12-10)8-6-4-3-5-7-8/h8H,2-7H2,1H3. The van der Waals surface area contributed by atoms with E-state index in [2.05, 4.69) is 6.92 Å². The van der Waals surface area contributed by atoms with E-state index in [4.69, 9.17) is 4.74 Å². The van der Waals surface area contributed by atoms with Gasteiger partial charge in [-0.2, -0.15) is 0 Å². The first-order valence-electron chi connectivity index (χ1n) is 5.03. The monoisotopic (exact) mass is 168 g/mol. The molecule has 0 radical (unpaired) electrons. The molecule has 1 aliphatic heterocycles. The van der Waals surface area contributed by atoms with Gasteiger partial charge in [0.05, 0.1) is 0 Å². The molecular formula is C10H16O2. The van der Waals surface area contributed by atoms with Gasteiger partial charge >= 0.3 is 5.97 Å². The van der Waals surface area contributed by atoms with Crippen LogP contribution in [0.2, 0.25) is 0 Å². The van der Waals surface area contributed by atoms with Crippen molar-refractivity contribution in [3.63, 3.8) is 0 Å². The lowest BCUT2D eigenvalue weighted by Crippen LogP contribution is -2.27. The first-order chi connectivity index (χ1) is 5.79. The largest absolute Gasteiger partial charge is 0.444 e. The highest BCUT2D eigenvalue weighted by Crippen LogP contribution is 2.46. The summed E-state index contributed by atoms with van der Waals surface area (Å²) in [6.07, 6.45) is 7.16. The maximum absolute atomic E-state index is 11.1. The third-order valence-corrected chi connectivity index (χ3v) is 3.37. The molecule has 1 saturated heterocycles. The quantitative estimate of drug-likeness (QED) is 0.592. The first kappa shape index (κ1) is 8.09. The predicted molar refractivity (Wildman–Crippen MR) is 45.7 cm³/mol. The zero-order valence-corrected chi connectivity index (χ0v) is 7.64. The van der Waals surface area contributed by atoms with E-state index in [1.54, 1.807) is 0 Å². The number of carbonyl (C=O) groups is 1. The van der Waals surface area contributed by atoms with Crippen molar-refractivity contribution in [2.75, 3.05) is 0 Å². The number of rotatable bonds is 2. The number of epoxide rings is 1. The second kappa shape index (κ2) is 2.75. The van der Waals surface area contributed by atoms with Crippen LogP contribution in [0.15, 0.2) is 0 Å². The number of carbonyl (C=O) groups excluding carboxylic acids is 1. The molecule has 0 aromatic rings. The van der Waals surface area contributed by atoms with E-state index >= 15 is 0 Å². The summed E-state index contributed by atoms with van der Waals surface area (Å²) in [4.78, 5) is 11.1. The Hall–Kier alpha value is -0.530. The smallest absolute Gasteiger partial charge is 0.352 e. The highest BCUT2D eigenvalue weighted by molar-refractivity contribution is 5.93. The molecule has 0 bridgehead atoms. The van der Waals surface area contributed by atoms with Crippen LogP contribution in [0.4, 0.5) is 0 Å². The Morgan fingerprint density at radius 1 is 1.42 bits per heavy atom. The van der Waals surface area contributed by atoms with Crippen molar-refractivity contribution in [2.45, 2.75) is 51.0 Å². The molecule has 1 saturated carbocycles. The highest BCUT2D eigenvalue weighted by atomic mass is 16.7. The van der Waals surface area contributed by atoms with Crippen molar-refractivity contribution in [2.24, 2.45) is 5.92 Å². The van der Waals surface area contributed by atoms with Crippen molar-refractivity contribution < 1.29 is 9.53 Å². The zero-order valence-electron chi connectivity index (χ0n) is 7.64. The van der Waals surface area contributed by atoms with Gasteiger partial charge in [0.15, 0.2) is 0 Å². The van der Waals surface area contributed by atoms with Crippen molar-refractivity contribution in [3.8, 4) is 0 Å². The number of hydrogen-bond acceptors (Lipinski definition) is 2. The normalized spacial score (nSPS) is 36.2. The van der Waals surface area contributed by atoms with Gasteiger partial charge in [-0.3, -0.25) is 0 Å². The average Bonchev–Trinajstić information content (AvgIpc) is 2.80. The minimum Gasteiger partial charge on any atom is -0.444 e. The Morgan fingerprint density at radius 2 is 2.00 bits per heavy atom. The second-order valence-corrected chi connectivity index (χ2v) is 3.97. The van der Waals surface area contributed by atoms with E-state index in [0.29, 0.717) is 5.92 Å². The summed E-state index contributed by atoms with van der Waals surface area (Å²) in [5.41, 5.74) is -0.319.